The third kappa shape index (κ3) is 2.25. The van der Waals surface area contributed by atoms with Crippen LogP contribution in [0.3, 0.4) is 0 Å². The second-order valence-corrected chi connectivity index (χ2v) is 6.31. The van der Waals surface area contributed by atoms with Crippen molar-refractivity contribution in [2.75, 3.05) is 13.7 Å². The number of hydrogen-bond donors (Lipinski definition) is 1. The van der Waals surface area contributed by atoms with Gasteiger partial charge < -0.3 is 10.5 Å². The van der Waals surface area contributed by atoms with Crippen LogP contribution in [0, 0.1) is 12.8 Å². The lowest BCUT2D eigenvalue weighted by Crippen LogP contribution is -2.30. The molecule has 1 saturated carbocycles. The Morgan fingerprint density at radius 3 is 2.70 bits per heavy atom. The number of methoxy groups -OCH3 is 1. The number of aryl methyl sites for hydroxylation is 2. The first-order chi connectivity index (χ1) is 9.68. The Morgan fingerprint density at radius 1 is 1.30 bits per heavy atom. The van der Waals surface area contributed by atoms with Gasteiger partial charge in [0, 0.05) is 18.5 Å². The van der Waals surface area contributed by atoms with Crippen molar-refractivity contribution in [1.29, 1.82) is 0 Å². The Hall–Kier alpha value is -1.00. The summed E-state index contributed by atoms with van der Waals surface area (Å²) in [6, 6.07) is 0. The average molecular weight is 275 g/mol. The Morgan fingerprint density at radius 2 is 2.05 bits per heavy atom. The second kappa shape index (κ2) is 5.41. The molecule has 3 rings (SSSR count). The largest absolute Gasteiger partial charge is 0.370 e. The molecule has 0 amide bonds. The van der Waals surface area contributed by atoms with E-state index >= 15 is 0 Å². The summed E-state index contributed by atoms with van der Waals surface area (Å²) in [5.41, 5.74) is 9.29. The van der Waals surface area contributed by atoms with Crippen LogP contribution in [0.2, 0.25) is 0 Å². The highest BCUT2D eigenvalue weighted by Crippen LogP contribution is 2.40. The van der Waals surface area contributed by atoms with Crippen LogP contribution in [0.15, 0.2) is 0 Å². The normalized spacial score (nSPS) is 24.6. The van der Waals surface area contributed by atoms with Gasteiger partial charge in [0.25, 0.3) is 0 Å². The SMILES string of the molecule is COC1(c2nc(C)c3c(n2)CCC(CN)C3)CCCC1. The van der Waals surface area contributed by atoms with E-state index < -0.39 is 0 Å². The maximum atomic E-state index is 5.83. The summed E-state index contributed by atoms with van der Waals surface area (Å²) in [5.74, 6) is 1.51. The van der Waals surface area contributed by atoms with E-state index in [1.54, 1.807) is 7.11 Å². The smallest absolute Gasteiger partial charge is 0.160 e. The zero-order valence-electron chi connectivity index (χ0n) is 12.6. The molecule has 4 nitrogen and oxygen atoms in total. The molecule has 110 valence electrons. The first-order valence-corrected chi connectivity index (χ1v) is 7.80. The Balaban J connectivity index is 1.98. The average Bonchev–Trinajstić information content (AvgIpc) is 2.97. The molecule has 0 radical (unpaired) electrons. The molecule has 1 fully saturated rings. The van der Waals surface area contributed by atoms with Gasteiger partial charge in [0.05, 0.1) is 0 Å². The highest BCUT2D eigenvalue weighted by atomic mass is 16.5. The Bertz CT molecular complexity index is 495. The Kier molecular flexibility index (Phi) is 3.78. The fourth-order valence-electron chi connectivity index (χ4n) is 3.73. The van der Waals surface area contributed by atoms with Gasteiger partial charge in [-0.3, -0.25) is 0 Å². The quantitative estimate of drug-likeness (QED) is 0.919. The monoisotopic (exact) mass is 275 g/mol. The molecule has 0 aliphatic heterocycles. The van der Waals surface area contributed by atoms with Crippen molar-refractivity contribution in [2.24, 2.45) is 11.7 Å². The van der Waals surface area contributed by atoms with E-state index in [0.717, 1.165) is 50.2 Å². The number of aromatic nitrogens is 2. The minimum atomic E-state index is -0.232. The predicted octanol–water partition coefficient (Wildman–Crippen LogP) is 2.26. The summed E-state index contributed by atoms with van der Waals surface area (Å²) >= 11 is 0. The van der Waals surface area contributed by atoms with Crippen molar-refractivity contribution in [3.05, 3.63) is 22.8 Å². The van der Waals surface area contributed by atoms with E-state index in [4.69, 9.17) is 20.4 Å². The molecule has 2 aliphatic rings. The van der Waals surface area contributed by atoms with E-state index in [2.05, 4.69) is 6.92 Å². The summed E-state index contributed by atoms with van der Waals surface area (Å²) in [4.78, 5) is 9.69. The van der Waals surface area contributed by atoms with Crippen molar-refractivity contribution in [3.63, 3.8) is 0 Å². The zero-order valence-corrected chi connectivity index (χ0v) is 12.6. The highest BCUT2D eigenvalue weighted by Gasteiger charge is 2.39. The first-order valence-electron chi connectivity index (χ1n) is 7.80. The molecule has 0 saturated heterocycles. The number of nitrogens with two attached hydrogens (primary N) is 1. The molecule has 2 aliphatic carbocycles. The van der Waals surface area contributed by atoms with Crippen LogP contribution >= 0.6 is 0 Å². The molecule has 1 atom stereocenters. The van der Waals surface area contributed by atoms with Crippen molar-refractivity contribution in [3.8, 4) is 0 Å². The molecule has 4 heteroatoms. The van der Waals surface area contributed by atoms with E-state index in [9.17, 15) is 0 Å². The van der Waals surface area contributed by atoms with Gasteiger partial charge in [-0.25, -0.2) is 9.97 Å². The van der Waals surface area contributed by atoms with Crippen LogP contribution in [0.25, 0.3) is 0 Å². The lowest BCUT2D eigenvalue weighted by atomic mass is 9.85. The summed E-state index contributed by atoms with van der Waals surface area (Å²) in [7, 11) is 1.80. The van der Waals surface area contributed by atoms with Crippen LogP contribution in [0.5, 0.6) is 0 Å². The minimum absolute atomic E-state index is 0.232. The van der Waals surface area contributed by atoms with Gasteiger partial charge in [-0.15, -0.1) is 0 Å². The Labute approximate surface area is 121 Å². The van der Waals surface area contributed by atoms with Crippen LogP contribution < -0.4 is 5.73 Å². The lowest BCUT2D eigenvalue weighted by Gasteiger charge is -2.29. The third-order valence-corrected chi connectivity index (χ3v) is 5.12. The van der Waals surface area contributed by atoms with Crippen molar-refractivity contribution >= 4 is 0 Å². The molecule has 1 aromatic heterocycles. The molecule has 1 aromatic rings. The van der Waals surface area contributed by atoms with E-state index in [1.807, 2.05) is 0 Å². The van der Waals surface area contributed by atoms with Crippen molar-refractivity contribution in [1.82, 2.24) is 9.97 Å². The van der Waals surface area contributed by atoms with Gasteiger partial charge >= 0.3 is 0 Å². The van der Waals surface area contributed by atoms with Crippen molar-refractivity contribution < 1.29 is 4.74 Å². The molecule has 2 N–H and O–H groups in total. The number of hydrogen-bond acceptors (Lipinski definition) is 4. The standard InChI is InChI=1S/C16H25N3O/c1-11-13-9-12(10-17)5-6-14(13)19-15(18-11)16(20-2)7-3-4-8-16/h12H,3-10,17H2,1-2H3. The second-order valence-electron chi connectivity index (χ2n) is 6.31. The molecule has 0 aromatic carbocycles. The molecule has 1 heterocycles. The summed E-state index contributed by atoms with van der Waals surface area (Å²) in [6.45, 7) is 2.88. The maximum Gasteiger partial charge on any atom is 0.160 e. The molecular weight excluding hydrogens is 250 g/mol. The molecular formula is C16H25N3O. The van der Waals surface area contributed by atoms with Gasteiger partial charge in [0.1, 0.15) is 5.60 Å². The number of nitrogens with zero attached hydrogens (tertiary/aromatic N) is 2. The van der Waals surface area contributed by atoms with Gasteiger partial charge in [-0.1, -0.05) is 0 Å². The number of fused-ring (bicyclic) bond motifs is 1. The van der Waals surface area contributed by atoms with Crippen LogP contribution in [0.4, 0.5) is 0 Å². The first kappa shape index (κ1) is 14.0. The molecule has 0 bridgehead atoms. The predicted molar refractivity (Wildman–Crippen MR) is 78.5 cm³/mol. The van der Waals surface area contributed by atoms with E-state index in [0.29, 0.717) is 5.92 Å². The molecule has 0 spiro atoms. The lowest BCUT2D eigenvalue weighted by molar-refractivity contribution is -0.0167. The molecule has 1 unspecified atom stereocenters. The third-order valence-electron chi connectivity index (χ3n) is 5.12. The maximum absolute atomic E-state index is 5.83. The van der Waals surface area contributed by atoms with Crippen LogP contribution in [-0.2, 0) is 23.2 Å². The summed E-state index contributed by atoms with van der Waals surface area (Å²) in [5, 5.41) is 0. The fourth-order valence-corrected chi connectivity index (χ4v) is 3.73. The van der Waals surface area contributed by atoms with E-state index in [-0.39, 0.29) is 5.60 Å². The minimum Gasteiger partial charge on any atom is -0.370 e. The topological polar surface area (TPSA) is 61.0 Å². The van der Waals surface area contributed by atoms with Crippen LogP contribution in [0.1, 0.15) is 54.9 Å². The van der Waals surface area contributed by atoms with Gasteiger partial charge in [-0.2, -0.15) is 0 Å². The summed E-state index contributed by atoms with van der Waals surface area (Å²) < 4.78 is 5.83. The summed E-state index contributed by atoms with van der Waals surface area (Å²) in [6.07, 6.45) is 7.75. The van der Waals surface area contributed by atoms with Gasteiger partial charge in [-0.05, 0) is 69.9 Å². The van der Waals surface area contributed by atoms with Crippen molar-refractivity contribution in [2.45, 2.75) is 57.5 Å². The highest BCUT2D eigenvalue weighted by molar-refractivity contribution is 5.29. The van der Waals surface area contributed by atoms with Gasteiger partial charge in [0.15, 0.2) is 5.82 Å². The molecule has 20 heavy (non-hydrogen) atoms. The van der Waals surface area contributed by atoms with Gasteiger partial charge in [0.2, 0.25) is 0 Å². The zero-order chi connectivity index (χ0) is 14.2. The fraction of sp³-hybridized carbons (Fsp3) is 0.750. The number of rotatable bonds is 3. The number of ether oxygens (including phenoxy) is 1. The van der Waals surface area contributed by atoms with Crippen LogP contribution in [-0.4, -0.2) is 23.6 Å². The van der Waals surface area contributed by atoms with E-state index in [1.165, 1.54) is 24.1 Å².